The van der Waals surface area contributed by atoms with E-state index < -0.39 is 0 Å². The van der Waals surface area contributed by atoms with Crippen molar-refractivity contribution in [2.75, 3.05) is 6.61 Å². The van der Waals surface area contributed by atoms with Crippen LogP contribution in [-0.4, -0.2) is 23.7 Å². The third kappa shape index (κ3) is 2.48. The molecule has 0 bridgehead atoms. The lowest BCUT2D eigenvalue weighted by Crippen LogP contribution is -2.30. The van der Waals surface area contributed by atoms with Crippen molar-refractivity contribution >= 4 is 5.91 Å². The number of ether oxygens (including phenoxy) is 1. The molecule has 0 saturated heterocycles. The summed E-state index contributed by atoms with van der Waals surface area (Å²) in [6.45, 7) is 0.0673. The van der Waals surface area contributed by atoms with E-state index in [-0.39, 0.29) is 18.6 Å². The molecule has 18 heavy (non-hydrogen) atoms. The van der Waals surface area contributed by atoms with E-state index >= 15 is 0 Å². The van der Waals surface area contributed by atoms with Crippen molar-refractivity contribution in [2.24, 2.45) is 0 Å². The number of amides is 1. The van der Waals surface area contributed by atoms with Crippen LogP contribution in [0.15, 0.2) is 18.2 Å². The van der Waals surface area contributed by atoms with Crippen LogP contribution in [0.1, 0.15) is 36.5 Å². The van der Waals surface area contributed by atoms with Gasteiger partial charge in [-0.15, -0.1) is 0 Å². The molecule has 1 amide bonds. The Labute approximate surface area is 106 Å². The van der Waals surface area contributed by atoms with Gasteiger partial charge in [-0.25, -0.2) is 0 Å². The number of benzene rings is 1. The van der Waals surface area contributed by atoms with Gasteiger partial charge in [0, 0.05) is 6.04 Å². The molecule has 0 aliphatic heterocycles. The van der Waals surface area contributed by atoms with Crippen LogP contribution in [0.2, 0.25) is 0 Å². The normalized spacial score (nSPS) is 21.5. The summed E-state index contributed by atoms with van der Waals surface area (Å²) in [5.41, 5.74) is 2.12. The zero-order valence-corrected chi connectivity index (χ0v) is 10.2. The first-order valence-electron chi connectivity index (χ1n) is 6.45. The van der Waals surface area contributed by atoms with Gasteiger partial charge >= 0.3 is 0 Å². The Balaban J connectivity index is 1.58. The van der Waals surface area contributed by atoms with Crippen molar-refractivity contribution in [1.82, 2.24) is 5.32 Å². The van der Waals surface area contributed by atoms with Gasteiger partial charge in [-0.3, -0.25) is 4.79 Å². The first-order valence-corrected chi connectivity index (χ1v) is 6.45. The minimum absolute atomic E-state index is 0.0574. The molecule has 1 fully saturated rings. The Morgan fingerprint density at radius 3 is 3.00 bits per heavy atom. The van der Waals surface area contributed by atoms with E-state index in [2.05, 4.69) is 5.32 Å². The number of carbonyl (C=O) groups is 1. The van der Waals surface area contributed by atoms with Crippen molar-refractivity contribution in [1.29, 1.82) is 0 Å². The van der Waals surface area contributed by atoms with Crippen LogP contribution in [0.3, 0.4) is 0 Å². The molecule has 4 heteroatoms. The average Bonchev–Trinajstić information content (AvgIpc) is 3.10. The Morgan fingerprint density at radius 1 is 1.39 bits per heavy atom. The number of carbonyl (C=O) groups excluding carboxylic acids is 1. The second-order valence-electron chi connectivity index (χ2n) is 5.05. The van der Waals surface area contributed by atoms with Gasteiger partial charge in [-0.2, -0.15) is 0 Å². The molecule has 2 aliphatic rings. The Bertz CT molecular complexity index is 468. The summed E-state index contributed by atoms with van der Waals surface area (Å²) in [6, 6.07) is 6.01. The minimum Gasteiger partial charge on any atom is -0.484 e. The van der Waals surface area contributed by atoms with Crippen molar-refractivity contribution in [3.63, 3.8) is 0 Å². The van der Waals surface area contributed by atoms with Crippen LogP contribution in [0.4, 0.5) is 0 Å². The van der Waals surface area contributed by atoms with Gasteiger partial charge in [-0.05, 0) is 48.9 Å². The molecule has 2 aliphatic carbocycles. The van der Waals surface area contributed by atoms with Crippen LogP contribution in [-0.2, 0) is 11.2 Å². The minimum atomic E-state index is -0.341. The molecule has 96 valence electrons. The summed E-state index contributed by atoms with van der Waals surface area (Å²) in [5, 5.41) is 12.6. The summed E-state index contributed by atoms with van der Waals surface area (Å²) in [4.78, 5) is 11.5. The monoisotopic (exact) mass is 247 g/mol. The third-order valence-electron chi connectivity index (χ3n) is 3.47. The number of aryl methyl sites for hydroxylation is 1. The van der Waals surface area contributed by atoms with Crippen LogP contribution < -0.4 is 10.1 Å². The summed E-state index contributed by atoms with van der Waals surface area (Å²) in [7, 11) is 0. The van der Waals surface area contributed by atoms with Gasteiger partial charge in [0.05, 0.1) is 6.10 Å². The number of aliphatic hydroxyl groups is 1. The van der Waals surface area contributed by atoms with Crippen molar-refractivity contribution < 1.29 is 14.6 Å². The molecule has 0 radical (unpaired) electrons. The summed E-state index contributed by atoms with van der Waals surface area (Å²) in [6.07, 6.45) is 3.49. The molecule has 1 aromatic rings. The number of aliphatic hydroxyl groups excluding tert-OH is 1. The molecule has 0 unspecified atom stereocenters. The van der Waals surface area contributed by atoms with Gasteiger partial charge in [0.1, 0.15) is 5.75 Å². The van der Waals surface area contributed by atoms with E-state index in [1.54, 1.807) is 0 Å². The Hall–Kier alpha value is -1.55. The third-order valence-corrected chi connectivity index (χ3v) is 3.47. The van der Waals surface area contributed by atoms with E-state index in [9.17, 15) is 9.90 Å². The van der Waals surface area contributed by atoms with Crippen LogP contribution in [0, 0.1) is 0 Å². The number of nitrogens with one attached hydrogen (secondary N) is 1. The lowest BCUT2D eigenvalue weighted by Gasteiger charge is -2.09. The SMILES string of the molecule is O=C(COc1ccc2c(c1)CC[C@H]2O)NC1CC1. The summed E-state index contributed by atoms with van der Waals surface area (Å²) >= 11 is 0. The van der Waals surface area contributed by atoms with Crippen molar-refractivity contribution in [3.8, 4) is 5.75 Å². The van der Waals surface area contributed by atoms with E-state index in [1.165, 1.54) is 0 Å². The molecule has 0 aromatic heterocycles. The molecule has 4 nitrogen and oxygen atoms in total. The summed E-state index contributed by atoms with van der Waals surface area (Å²) < 4.78 is 5.46. The average molecular weight is 247 g/mol. The second kappa shape index (κ2) is 4.61. The van der Waals surface area contributed by atoms with Crippen LogP contribution in [0.25, 0.3) is 0 Å². The molecule has 0 spiro atoms. The van der Waals surface area contributed by atoms with E-state index in [4.69, 9.17) is 4.74 Å². The fraction of sp³-hybridized carbons (Fsp3) is 0.500. The highest BCUT2D eigenvalue weighted by molar-refractivity contribution is 5.78. The molecule has 1 saturated carbocycles. The molecule has 1 atom stereocenters. The predicted octanol–water partition coefficient (Wildman–Crippen LogP) is 1.32. The van der Waals surface area contributed by atoms with Gasteiger partial charge in [0.2, 0.25) is 0 Å². The maximum Gasteiger partial charge on any atom is 0.258 e. The van der Waals surface area contributed by atoms with Crippen molar-refractivity contribution in [2.45, 2.75) is 37.8 Å². The molecule has 0 heterocycles. The first kappa shape index (κ1) is 11.5. The molecular weight excluding hydrogens is 230 g/mol. The number of rotatable bonds is 4. The number of hydrogen-bond donors (Lipinski definition) is 2. The standard InChI is InChI=1S/C14H17NO3/c16-13-6-1-9-7-11(4-5-12(9)13)18-8-14(17)15-10-2-3-10/h4-5,7,10,13,16H,1-3,6,8H2,(H,15,17)/t13-/m1/s1. The van der Waals surface area contributed by atoms with Crippen molar-refractivity contribution in [3.05, 3.63) is 29.3 Å². The van der Waals surface area contributed by atoms with E-state index in [0.717, 1.165) is 36.8 Å². The quantitative estimate of drug-likeness (QED) is 0.843. The van der Waals surface area contributed by atoms with Crippen LogP contribution >= 0.6 is 0 Å². The maximum absolute atomic E-state index is 11.5. The fourth-order valence-corrected chi connectivity index (χ4v) is 2.31. The van der Waals surface area contributed by atoms with Gasteiger partial charge in [-0.1, -0.05) is 6.07 Å². The number of fused-ring (bicyclic) bond motifs is 1. The highest BCUT2D eigenvalue weighted by Crippen LogP contribution is 2.33. The highest BCUT2D eigenvalue weighted by atomic mass is 16.5. The summed E-state index contributed by atoms with van der Waals surface area (Å²) in [5.74, 6) is 0.645. The smallest absolute Gasteiger partial charge is 0.258 e. The highest BCUT2D eigenvalue weighted by Gasteiger charge is 2.23. The second-order valence-corrected chi connectivity index (χ2v) is 5.05. The van der Waals surface area contributed by atoms with Gasteiger partial charge < -0.3 is 15.2 Å². The van der Waals surface area contributed by atoms with E-state index in [0.29, 0.717) is 11.8 Å². The Morgan fingerprint density at radius 2 is 2.22 bits per heavy atom. The zero-order valence-electron chi connectivity index (χ0n) is 10.2. The predicted molar refractivity (Wildman–Crippen MR) is 66.4 cm³/mol. The Kier molecular flexibility index (Phi) is 2.96. The molecular formula is C14H17NO3. The molecule has 3 rings (SSSR count). The lowest BCUT2D eigenvalue weighted by atomic mass is 10.1. The fourth-order valence-electron chi connectivity index (χ4n) is 2.31. The maximum atomic E-state index is 11.5. The largest absolute Gasteiger partial charge is 0.484 e. The first-order chi connectivity index (χ1) is 8.72. The zero-order chi connectivity index (χ0) is 12.5. The lowest BCUT2D eigenvalue weighted by molar-refractivity contribution is -0.123. The molecule has 2 N–H and O–H groups in total. The van der Waals surface area contributed by atoms with Gasteiger partial charge in [0.25, 0.3) is 5.91 Å². The molecule has 1 aromatic carbocycles. The van der Waals surface area contributed by atoms with Gasteiger partial charge in [0.15, 0.2) is 6.61 Å². The van der Waals surface area contributed by atoms with E-state index in [1.807, 2.05) is 18.2 Å². The number of hydrogen-bond acceptors (Lipinski definition) is 3. The van der Waals surface area contributed by atoms with Crippen LogP contribution in [0.5, 0.6) is 5.75 Å². The topological polar surface area (TPSA) is 58.6 Å².